The summed E-state index contributed by atoms with van der Waals surface area (Å²) in [5.41, 5.74) is 0.956. The second-order valence-electron chi connectivity index (χ2n) is 5.18. The lowest BCUT2D eigenvalue weighted by molar-refractivity contribution is -0.120. The van der Waals surface area contributed by atoms with Crippen molar-refractivity contribution in [3.05, 3.63) is 11.4 Å². The summed E-state index contributed by atoms with van der Waals surface area (Å²) in [6.07, 6.45) is 0. The average Bonchev–Trinajstić information content (AvgIpc) is 2.32. The van der Waals surface area contributed by atoms with E-state index < -0.39 is 0 Å². The lowest BCUT2D eigenvalue weighted by Crippen LogP contribution is -2.39. The molecule has 1 aromatic rings. The number of likely N-dealkylation sites (N-methyl/N-ethyl adjacent to an activating group) is 1. The van der Waals surface area contributed by atoms with Crippen LogP contribution < -0.4 is 15.5 Å². The van der Waals surface area contributed by atoms with Gasteiger partial charge in [0.25, 0.3) is 0 Å². The molecule has 0 atom stereocenters. The fourth-order valence-electron chi connectivity index (χ4n) is 1.98. The number of rotatable bonds is 6. The monoisotopic (exact) mass is 279 g/mol. The van der Waals surface area contributed by atoms with Crippen molar-refractivity contribution in [2.24, 2.45) is 0 Å². The van der Waals surface area contributed by atoms with Crippen LogP contribution in [0.1, 0.15) is 32.2 Å². The van der Waals surface area contributed by atoms with Crippen molar-refractivity contribution >= 4 is 17.5 Å². The van der Waals surface area contributed by atoms with Crippen molar-refractivity contribution in [2.45, 2.75) is 40.7 Å². The highest BCUT2D eigenvalue weighted by Crippen LogP contribution is 2.22. The second-order valence-corrected chi connectivity index (χ2v) is 5.18. The van der Waals surface area contributed by atoms with Crippen LogP contribution in [0.15, 0.2) is 0 Å². The van der Waals surface area contributed by atoms with E-state index in [9.17, 15) is 4.79 Å². The minimum atomic E-state index is -0.0110. The Hall–Kier alpha value is -1.85. The maximum atomic E-state index is 11.8. The molecule has 6 nitrogen and oxygen atoms in total. The number of nitrogens with one attached hydrogen (secondary N) is 2. The van der Waals surface area contributed by atoms with E-state index in [0.29, 0.717) is 5.82 Å². The molecule has 1 amide bonds. The van der Waals surface area contributed by atoms with Gasteiger partial charge in [-0.3, -0.25) is 4.79 Å². The molecule has 1 aromatic heterocycles. The second kappa shape index (κ2) is 7.07. The molecule has 0 aliphatic carbocycles. The van der Waals surface area contributed by atoms with Gasteiger partial charge in [-0.05, 0) is 34.6 Å². The highest BCUT2D eigenvalue weighted by Gasteiger charge is 2.15. The first kappa shape index (κ1) is 16.2. The molecule has 20 heavy (non-hydrogen) atoms. The van der Waals surface area contributed by atoms with Gasteiger partial charge in [0.05, 0.1) is 6.54 Å². The number of carbonyl (C=O) groups excluding carboxylic acids is 1. The van der Waals surface area contributed by atoms with E-state index in [1.807, 2.05) is 46.6 Å². The quantitative estimate of drug-likeness (QED) is 0.825. The standard InChI is InChI=1S/C14H25N5O/c1-7-15-13-10(4)14(18-11(5)17-13)19(6)8-12(20)16-9(2)3/h9H,7-8H2,1-6H3,(H,16,20)(H,15,17,18). The average molecular weight is 279 g/mol. The van der Waals surface area contributed by atoms with Crippen molar-refractivity contribution in [1.82, 2.24) is 15.3 Å². The Morgan fingerprint density at radius 2 is 1.95 bits per heavy atom. The van der Waals surface area contributed by atoms with Crippen molar-refractivity contribution in [3.8, 4) is 0 Å². The number of carbonyl (C=O) groups is 1. The largest absolute Gasteiger partial charge is 0.370 e. The van der Waals surface area contributed by atoms with Gasteiger partial charge in [-0.1, -0.05) is 0 Å². The van der Waals surface area contributed by atoms with Crippen LogP contribution in [0.3, 0.4) is 0 Å². The smallest absolute Gasteiger partial charge is 0.239 e. The number of hydrogen-bond donors (Lipinski definition) is 2. The molecule has 0 aliphatic heterocycles. The van der Waals surface area contributed by atoms with Gasteiger partial charge in [0.2, 0.25) is 5.91 Å². The van der Waals surface area contributed by atoms with Crippen LogP contribution in [0, 0.1) is 13.8 Å². The molecule has 0 saturated heterocycles. The van der Waals surface area contributed by atoms with Crippen LogP contribution in [0.2, 0.25) is 0 Å². The summed E-state index contributed by atoms with van der Waals surface area (Å²) in [4.78, 5) is 22.5. The Balaban J connectivity index is 2.92. The van der Waals surface area contributed by atoms with E-state index in [1.165, 1.54) is 0 Å². The zero-order chi connectivity index (χ0) is 15.3. The highest BCUT2D eigenvalue weighted by molar-refractivity contribution is 5.81. The molecule has 0 spiro atoms. The summed E-state index contributed by atoms with van der Waals surface area (Å²) in [5.74, 6) is 2.29. The van der Waals surface area contributed by atoms with E-state index in [2.05, 4.69) is 20.6 Å². The minimum absolute atomic E-state index is 0.0110. The molecule has 0 aromatic carbocycles. The molecule has 0 unspecified atom stereocenters. The zero-order valence-corrected chi connectivity index (χ0v) is 13.2. The van der Waals surface area contributed by atoms with Gasteiger partial charge >= 0.3 is 0 Å². The van der Waals surface area contributed by atoms with Crippen LogP contribution in [0.5, 0.6) is 0 Å². The zero-order valence-electron chi connectivity index (χ0n) is 13.2. The maximum absolute atomic E-state index is 11.8. The third kappa shape index (κ3) is 4.36. The van der Waals surface area contributed by atoms with Crippen LogP contribution in [-0.4, -0.2) is 42.1 Å². The number of anilines is 2. The van der Waals surface area contributed by atoms with Gasteiger partial charge < -0.3 is 15.5 Å². The summed E-state index contributed by atoms with van der Waals surface area (Å²) in [7, 11) is 1.87. The molecule has 1 heterocycles. The Morgan fingerprint density at radius 1 is 1.30 bits per heavy atom. The molecule has 0 radical (unpaired) electrons. The van der Waals surface area contributed by atoms with Crippen LogP contribution in [-0.2, 0) is 4.79 Å². The number of nitrogens with zero attached hydrogens (tertiary/aromatic N) is 3. The van der Waals surface area contributed by atoms with Crippen LogP contribution in [0.4, 0.5) is 11.6 Å². The number of hydrogen-bond acceptors (Lipinski definition) is 5. The molecule has 0 aliphatic rings. The van der Waals surface area contributed by atoms with Crippen molar-refractivity contribution in [1.29, 1.82) is 0 Å². The molecule has 6 heteroatoms. The lowest BCUT2D eigenvalue weighted by atomic mass is 10.2. The van der Waals surface area contributed by atoms with Gasteiger partial charge in [-0.25, -0.2) is 9.97 Å². The molecule has 112 valence electrons. The third-order valence-corrected chi connectivity index (χ3v) is 2.77. The van der Waals surface area contributed by atoms with E-state index in [0.717, 1.165) is 23.7 Å². The predicted octanol–water partition coefficient (Wildman–Crippen LogP) is 1.49. The molecule has 0 fully saturated rings. The third-order valence-electron chi connectivity index (χ3n) is 2.77. The summed E-state index contributed by atoms with van der Waals surface area (Å²) in [6, 6.07) is 0.140. The van der Waals surface area contributed by atoms with Gasteiger partial charge in [0.1, 0.15) is 17.5 Å². The first-order valence-electron chi connectivity index (χ1n) is 6.94. The summed E-state index contributed by atoms with van der Waals surface area (Å²) < 4.78 is 0. The number of aromatic nitrogens is 2. The van der Waals surface area contributed by atoms with Crippen LogP contribution in [0.25, 0.3) is 0 Å². The topological polar surface area (TPSA) is 70.2 Å². The van der Waals surface area contributed by atoms with Gasteiger partial charge in [-0.15, -0.1) is 0 Å². The Labute approximate surface area is 121 Å². The highest BCUT2D eigenvalue weighted by atomic mass is 16.2. The van der Waals surface area contributed by atoms with Gasteiger partial charge in [0, 0.05) is 25.2 Å². The van der Waals surface area contributed by atoms with Gasteiger partial charge in [-0.2, -0.15) is 0 Å². The van der Waals surface area contributed by atoms with E-state index in [1.54, 1.807) is 0 Å². The molecule has 1 rings (SSSR count). The first-order chi connectivity index (χ1) is 9.35. The minimum Gasteiger partial charge on any atom is -0.370 e. The van der Waals surface area contributed by atoms with Crippen molar-refractivity contribution < 1.29 is 4.79 Å². The predicted molar refractivity (Wildman–Crippen MR) is 82.2 cm³/mol. The Bertz CT molecular complexity index is 473. The lowest BCUT2D eigenvalue weighted by Gasteiger charge is -2.22. The van der Waals surface area contributed by atoms with E-state index >= 15 is 0 Å². The summed E-state index contributed by atoms with van der Waals surface area (Å²) >= 11 is 0. The first-order valence-corrected chi connectivity index (χ1v) is 6.94. The Kier molecular flexibility index (Phi) is 5.73. The molecular weight excluding hydrogens is 254 g/mol. The summed E-state index contributed by atoms with van der Waals surface area (Å²) in [5, 5.41) is 6.10. The molecule has 0 bridgehead atoms. The van der Waals surface area contributed by atoms with Crippen LogP contribution >= 0.6 is 0 Å². The number of amides is 1. The fraction of sp³-hybridized carbons (Fsp3) is 0.643. The van der Waals surface area contributed by atoms with E-state index in [-0.39, 0.29) is 18.5 Å². The van der Waals surface area contributed by atoms with Crippen molar-refractivity contribution in [2.75, 3.05) is 30.4 Å². The van der Waals surface area contributed by atoms with E-state index in [4.69, 9.17) is 0 Å². The summed E-state index contributed by atoms with van der Waals surface area (Å²) in [6.45, 7) is 10.8. The molecule has 2 N–H and O–H groups in total. The maximum Gasteiger partial charge on any atom is 0.239 e. The number of aryl methyl sites for hydroxylation is 1. The SMILES string of the molecule is CCNc1nc(C)nc(N(C)CC(=O)NC(C)C)c1C. The fourth-order valence-corrected chi connectivity index (χ4v) is 1.98. The molecule has 0 saturated carbocycles. The molecular formula is C14H25N5O. The van der Waals surface area contributed by atoms with Gasteiger partial charge in [0.15, 0.2) is 0 Å². The Morgan fingerprint density at radius 3 is 2.50 bits per heavy atom. The van der Waals surface area contributed by atoms with Crippen molar-refractivity contribution in [3.63, 3.8) is 0 Å². The normalized spacial score (nSPS) is 10.6.